The first kappa shape index (κ1) is 8.40. The smallest absolute Gasteiger partial charge is 0.108 e. The molecule has 0 amide bonds. The average molecular weight is 175 g/mol. The van der Waals surface area contributed by atoms with Crippen LogP contribution < -0.4 is 5.32 Å². The Morgan fingerprint density at radius 2 is 1.58 bits per heavy atom. The molecule has 0 spiro atoms. The lowest BCUT2D eigenvalue weighted by Gasteiger charge is -2.32. The molecule has 2 fully saturated rings. The van der Waals surface area contributed by atoms with Gasteiger partial charge in [0, 0.05) is 12.0 Å². The van der Waals surface area contributed by atoms with Gasteiger partial charge in [0.05, 0.1) is 24.9 Å². The molecule has 12 heavy (non-hydrogen) atoms. The van der Waals surface area contributed by atoms with E-state index in [1.54, 1.807) is 0 Å². The van der Waals surface area contributed by atoms with Crippen LogP contribution in [0.5, 0.6) is 0 Å². The van der Waals surface area contributed by atoms with Gasteiger partial charge in [-0.15, -0.1) is 0 Å². The molecule has 2 aliphatic rings. The molecule has 0 aromatic carbocycles. The third-order valence-electron chi connectivity index (χ3n) is 2.84. The maximum Gasteiger partial charge on any atom is 0.108 e. The van der Waals surface area contributed by atoms with Crippen molar-refractivity contribution in [2.75, 3.05) is 6.61 Å². The van der Waals surface area contributed by atoms with Crippen molar-refractivity contribution in [1.82, 2.24) is 5.32 Å². The van der Waals surface area contributed by atoms with Gasteiger partial charge in [-0.3, -0.25) is 0 Å². The maximum atomic E-state index is 9.39. The van der Waals surface area contributed by atoms with Crippen LogP contribution in [0.1, 0.15) is 0 Å². The van der Waals surface area contributed by atoms with E-state index in [9.17, 15) is 15.3 Å². The fourth-order valence-corrected chi connectivity index (χ4v) is 1.97. The summed E-state index contributed by atoms with van der Waals surface area (Å²) in [4.78, 5) is 0. The normalized spacial score (nSPS) is 58.0. The summed E-state index contributed by atoms with van der Waals surface area (Å²) >= 11 is 0. The van der Waals surface area contributed by atoms with E-state index in [0.29, 0.717) is 0 Å². The van der Waals surface area contributed by atoms with Crippen LogP contribution in [0.25, 0.3) is 0 Å². The molecule has 5 N–H and O–H groups in total. The molecule has 1 aliphatic heterocycles. The largest absolute Gasteiger partial charge is 0.396 e. The number of aliphatic hydroxyl groups is 4. The van der Waals surface area contributed by atoms with Crippen molar-refractivity contribution in [3.05, 3.63) is 0 Å². The number of fused-ring (bicyclic) bond motifs is 1. The summed E-state index contributed by atoms with van der Waals surface area (Å²) < 4.78 is 0. The van der Waals surface area contributed by atoms with Gasteiger partial charge in [-0.25, -0.2) is 0 Å². The lowest BCUT2D eigenvalue weighted by Crippen LogP contribution is -2.52. The minimum absolute atomic E-state index is 0.0385. The number of rotatable bonds is 1. The van der Waals surface area contributed by atoms with Crippen LogP contribution in [-0.2, 0) is 0 Å². The first-order valence-corrected chi connectivity index (χ1v) is 4.08. The van der Waals surface area contributed by atoms with Crippen LogP contribution in [0.2, 0.25) is 0 Å². The van der Waals surface area contributed by atoms with Crippen LogP contribution in [0, 0.1) is 5.92 Å². The van der Waals surface area contributed by atoms with Gasteiger partial charge in [-0.1, -0.05) is 0 Å². The quantitative estimate of drug-likeness (QED) is 0.274. The summed E-state index contributed by atoms with van der Waals surface area (Å²) in [6.07, 6.45) is -3.08. The van der Waals surface area contributed by atoms with Gasteiger partial charge in [-0.2, -0.15) is 0 Å². The van der Waals surface area contributed by atoms with Gasteiger partial charge >= 0.3 is 0 Å². The third-order valence-corrected chi connectivity index (χ3v) is 2.84. The highest BCUT2D eigenvalue weighted by Gasteiger charge is 2.57. The number of hydrogen-bond donors (Lipinski definition) is 5. The molecular weight excluding hydrogens is 162 g/mol. The maximum absolute atomic E-state index is 9.39. The van der Waals surface area contributed by atoms with Crippen molar-refractivity contribution in [3.63, 3.8) is 0 Å². The number of nitrogens with one attached hydrogen (secondary N) is 1. The Morgan fingerprint density at radius 1 is 0.917 bits per heavy atom. The van der Waals surface area contributed by atoms with Crippen LogP contribution >= 0.6 is 0 Å². The molecule has 70 valence electrons. The SMILES string of the molecule is OC[C@@H]1[C@@H](O)[C@H](O)[C@H](O)[C@H]2N[C@@H]12. The fraction of sp³-hybridized carbons (Fsp3) is 1.00. The molecule has 5 nitrogen and oxygen atoms in total. The predicted octanol–water partition coefficient (Wildman–Crippen LogP) is -2.97. The monoisotopic (exact) mass is 175 g/mol. The second-order valence-corrected chi connectivity index (χ2v) is 3.54. The topological polar surface area (TPSA) is 103 Å². The summed E-state index contributed by atoms with van der Waals surface area (Å²) in [5.41, 5.74) is 0. The Hall–Kier alpha value is -0.200. The Morgan fingerprint density at radius 3 is 2.17 bits per heavy atom. The summed E-state index contributed by atoms with van der Waals surface area (Å²) in [7, 11) is 0. The highest BCUT2D eigenvalue weighted by molar-refractivity contribution is 5.15. The van der Waals surface area contributed by atoms with Gasteiger partial charge in [0.15, 0.2) is 0 Å². The van der Waals surface area contributed by atoms with Crippen LogP contribution in [0.15, 0.2) is 0 Å². The predicted molar refractivity (Wildman–Crippen MR) is 39.3 cm³/mol. The molecule has 6 atom stereocenters. The first-order valence-electron chi connectivity index (χ1n) is 4.08. The molecule has 0 aromatic rings. The Bertz CT molecular complexity index is 188. The van der Waals surface area contributed by atoms with Gasteiger partial charge in [0.25, 0.3) is 0 Å². The highest BCUT2D eigenvalue weighted by Crippen LogP contribution is 2.34. The van der Waals surface area contributed by atoms with E-state index >= 15 is 0 Å². The van der Waals surface area contributed by atoms with Gasteiger partial charge in [0.1, 0.15) is 6.10 Å². The zero-order valence-electron chi connectivity index (χ0n) is 6.46. The molecular formula is C7H13NO4. The average Bonchev–Trinajstić information content (AvgIpc) is 2.81. The molecule has 1 saturated carbocycles. The molecule has 1 heterocycles. The summed E-state index contributed by atoms with van der Waals surface area (Å²) in [5.74, 6) is -0.353. The zero-order valence-corrected chi connectivity index (χ0v) is 6.46. The summed E-state index contributed by atoms with van der Waals surface area (Å²) in [5, 5.41) is 39.8. The Labute approximate surface area is 69.6 Å². The zero-order chi connectivity index (χ0) is 8.88. The standard InChI is InChI=1S/C7H13NO4/c9-1-2-3-4(8-3)6(11)7(12)5(2)10/h2-12H,1H2/t2-,3-,4-,5+,6+,7-/m0/s1. The molecule has 1 aliphatic carbocycles. The third kappa shape index (κ3) is 0.982. The van der Waals surface area contributed by atoms with Gasteiger partial charge < -0.3 is 25.7 Å². The van der Waals surface area contributed by atoms with E-state index in [2.05, 4.69) is 5.32 Å². The number of hydrogen-bond acceptors (Lipinski definition) is 5. The summed E-state index contributed by atoms with van der Waals surface area (Å²) in [6, 6.07) is -0.191. The van der Waals surface area contributed by atoms with E-state index in [4.69, 9.17) is 5.11 Å². The fourth-order valence-electron chi connectivity index (χ4n) is 1.97. The minimum Gasteiger partial charge on any atom is -0.396 e. The molecule has 0 aromatic heterocycles. The lowest BCUT2D eigenvalue weighted by atomic mass is 9.83. The molecule has 1 saturated heterocycles. The van der Waals surface area contributed by atoms with Crippen molar-refractivity contribution in [2.45, 2.75) is 30.4 Å². The van der Waals surface area contributed by atoms with Crippen molar-refractivity contribution >= 4 is 0 Å². The van der Waals surface area contributed by atoms with Crippen LogP contribution in [0.3, 0.4) is 0 Å². The van der Waals surface area contributed by atoms with Crippen molar-refractivity contribution in [2.24, 2.45) is 5.92 Å². The minimum atomic E-state index is -1.14. The number of aliphatic hydroxyl groups excluding tert-OH is 4. The van der Waals surface area contributed by atoms with Gasteiger partial charge in [0.2, 0.25) is 0 Å². The van der Waals surface area contributed by atoms with Gasteiger partial charge in [-0.05, 0) is 0 Å². The molecule has 5 heteroatoms. The Kier molecular flexibility index (Phi) is 1.85. The first-order chi connectivity index (χ1) is 5.66. The Balaban J connectivity index is 2.11. The van der Waals surface area contributed by atoms with Crippen LogP contribution in [-0.4, -0.2) is 57.4 Å². The lowest BCUT2D eigenvalue weighted by molar-refractivity contribution is -0.105. The molecule has 0 radical (unpaired) electrons. The van der Waals surface area contributed by atoms with E-state index in [-0.39, 0.29) is 24.6 Å². The molecule has 0 unspecified atom stereocenters. The van der Waals surface area contributed by atoms with E-state index < -0.39 is 18.3 Å². The van der Waals surface area contributed by atoms with Crippen molar-refractivity contribution in [3.8, 4) is 0 Å². The second kappa shape index (κ2) is 2.65. The van der Waals surface area contributed by atoms with E-state index in [1.165, 1.54) is 0 Å². The van der Waals surface area contributed by atoms with E-state index in [1.807, 2.05) is 0 Å². The van der Waals surface area contributed by atoms with Crippen molar-refractivity contribution in [1.29, 1.82) is 0 Å². The van der Waals surface area contributed by atoms with Crippen molar-refractivity contribution < 1.29 is 20.4 Å². The second-order valence-electron chi connectivity index (χ2n) is 3.54. The molecule has 2 rings (SSSR count). The van der Waals surface area contributed by atoms with Crippen LogP contribution in [0.4, 0.5) is 0 Å². The highest BCUT2D eigenvalue weighted by atomic mass is 16.4. The van der Waals surface area contributed by atoms with E-state index in [0.717, 1.165) is 0 Å². The molecule has 0 bridgehead atoms. The summed E-state index contributed by atoms with van der Waals surface area (Å²) in [6.45, 7) is -0.168.